The highest BCUT2D eigenvalue weighted by atomic mass is 79.9. The molecule has 2 aromatic rings. The smallest absolute Gasteiger partial charge is 0.278 e. The molecule has 7 nitrogen and oxygen atoms in total. The van der Waals surface area contributed by atoms with Crippen molar-refractivity contribution in [1.82, 2.24) is 14.1 Å². The molecule has 0 atom stereocenters. The Balaban J connectivity index is 2.78. The van der Waals surface area contributed by atoms with E-state index in [4.69, 9.17) is 10.3 Å². The Kier molecular flexibility index (Phi) is 3.28. The van der Waals surface area contributed by atoms with Gasteiger partial charge >= 0.3 is 0 Å². The fraction of sp³-hybridized carbons (Fsp3) is 0.250. The number of anilines is 1. The van der Waals surface area contributed by atoms with Crippen molar-refractivity contribution in [2.45, 2.75) is 18.7 Å². The Labute approximate surface area is 120 Å². The topological polar surface area (TPSA) is 104 Å². The van der Waals surface area contributed by atoms with Crippen LogP contribution in [0.1, 0.15) is 11.5 Å². The van der Waals surface area contributed by atoms with Crippen LogP contribution in [0.2, 0.25) is 0 Å². The molecule has 2 rings (SSSR count). The summed E-state index contributed by atoms with van der Waals surface area (Å²) in [5, 5.41) is 3.43. The number of hydrogen-bond donors (Lipinski definition) is 1. The molecule has 0 unspecified atom stereocenters. The minimum atomic E-state index is -3.92. The summed E-state index contributed by atoms with van der Waals surface area (Å²) in [5.41, 5.74) is 6.05. The van der Waals surface area contributed by atoms with Crippen molar-refractivity contribution in [3.05, 3.63) is 20.8 Å². The van der Waals surface area contributed by atoms with E-state index in [-0.39, 0.29) is 21.2 Å². The van der Waals surface area contributed by atoms with Crippen LogP contribution in [-0.4, -0.2) is 22.5 Å². The van der Waals surface area contributed by atoms with Crippen LogP contribution in [-0.2, 0) is 10.0 Å². The third-order valence-corrected chi connectivity index (χ3v) is 6.01. The molecular formula is C8H8Br2N4O3S. The molecular weight excluding hydrogens is 392 g/mol. The highest BCUT2D eigenvalue weighted by Crippen LogP contribution is 2.31. The molecule has 18 heavy (non-hydrogen) atoms. The normalized spacial score (nSPS) is 12.0. The van der Waals surface area contributed by atoms with Gasteiger partial charge in [-0.05, 0) is 45.7 Å². The number of nitrogen functional groups attached to an aromatic ring is 1. The van der Waals surface area contributed by atoms with E-state index in [0.717, 1.165) is 3.97 Å². The summed E-state index contributed by atoms with van der Waals surface area (Å²) >= 11 is 6.26. The summed E-state index contributed by atoms with van der Waals surface area (Å²) in [6.45, 7) is 3.15. The summed E-state index contributed by atoms with van der Waals surface area (Å²) in [6.07, 6.45) is 0. The molecule has 0 saturated carbocycles. The predicted molar refractivity (Wildman–Crippen MR) is 70.6 cm³/mol. The summed E-state index contributed by atoms with van der Waals surface area (Å²) in [5.74, 6) is -0.0599. The Morgan fingerprint density at radius 3 is 2.33 bits per heavy atom. The number of rotatable bonds is 2. The quantitative estimate of drug-likeness (QED) is 0.825. The molecule has 0 spiro atoms. The molecule has 2 N–H and O–H groups in total. The summed E-state index contributed by atoms with van der Waals surface area (Å²) in [7, 11) is -3.92. The standard InChI is InChI=1S/C8H8Br2N4O3S/c1-3-6(9)14(8(10)12-3)18(15,16)5-4(2)17-13-7(5)11/h1-2H3,(H2,11,13). The van der Waals surface area contributed by atoms with Gasteiger partial charge in [-0.1, -0.05) is 5.16 Å². The average molecular weight is 400 g/mol. The van der Waals surface area contributed by atoms with Crippen LogP contribution >= 0.6 is 31.9 Å². The number of nitrogens with two attached hydrogens (primary N) is 1. The summed E-state index contributed by atoms with van der Waals surface area (Å²) in [6, 6.07) is 0. The van der Waals surface area contributed by atoms with Crippen LogP contribution in [0, 0.1) is 13.8 Å². The first-order valence-corrected chi connectivity index (χ1v) is 7.67. The first-order valence-electron chi connectivity index (χ1n) is 4.64. The van der Waals surface area contributed by atoms with Crippen molar-refractivity contribution in [3.8, 4) is 0 Å². The van der Waals surface area contributed by atoms with E-state index in [2.05, 4.69) is 42.0 Å². The first kappa shape index (κ1) is 13.6. The van der Waals surface area contributed by atoms with E-state index in [1.165, 1.54) is 6.92 Å². The molecule has 0 aliphatic rings. The van der Waals surface area contributed by atoms with Gasteiger partial charge in [-0.25, -0.2) is 17.4 Å². The van der Waals surface area contributed by atoms with Crippen molar-refractivity contribution in [2.75, 3.05) is 5.73 Å². The number of hydrogen-bond acceptors (Lipinski definition) is 6. The van der Waals surface area contributed by atoms with Crippen LogP contribution in [0.15, 0.2) is 18.8 Å². The van der Waals surface area contributed by atoms with Crippen molar-refractivity contribution < 1.29 is 12.9 Å². The highest BCUT2D eigenvalue weighted by molar-refractivity contribution is 9.11. The van der Waals surface area contributed by atoms with Gasteiger partial charge in [0, 0.05) is 0 Å². The number of nitrogens with zero attached hydrogens (tertiary/aromatic N) is 3. The van der Waals surface area contributed by atoms with Crippen LogP contribution in [0.5, 0.6) is 0 Å². The van der Waals surface area contributed by atoms with Gasteiger partial charge in [0.25, 0.3) is 10.0 Å². The van der Waals surface area contributed by atoms with Crippen LogP contribution in [0.4, 0.5) is 5.82 Å². The number of halogens is 2. The third-order valence-electron chi connectivity index (χ3n) is 2.24. The zero-order chi connectivity index (χ0) is 13.7. The van der Waals surface area contributed by atoms with Gasteiger partial charge in [-0.15, -0.1) is 0 Å². The van der Waals surface area contributed by atoms with Gasteiger partial charge < -0.3 is 10.3 Å². The predicted octanol–water partition coefficient (Wildman–Crippen LogP) is 1.83. The fourth-order valence-corrected chi connectivity index (χ4v) is 5.00. The van der Waals surface area contributed by atoms with Crippen molar-refractivity contribution >= 4 is 47.7 Å². The number of imidazole rings is 1. The fourth-order valence-electron chi connectivity index (χ4n) is 1.45. The minimum Gasteiger partial charge on any atom is -0.380 e. The maximum atomic E-state index is 12.5. The second kappa shape index (κ2) is 4.35. The minimum absolute atomic E-state index is 0.123. The van der Waals surface area contributed by atoms with Gasteiger partial charge in [0.1, 0.15) is 4.60 Å². The molecule has 2 heterocycles. The van der Waals surface area contributed by atoms with Crippen LogP contribution < -0.4 is 5.73 Å². The molecule has 0 saturated heterocycles. The number of aryl methyl sites for hydroxylation is 2. The van der Waals surface area contributed by atoms with Gasteiger partial charge in [0.05, 0.1) is 5.69 Å². The maximum absolute atomic E-state index is 12.5. The van der Waals surface area contributed by atoms with Crippen molar-refractivity contribution in [2.24, 2.45) is 0 Å². The zero-order valence-electron chi connectivity index (χ0n) is 9.31. The zero-order valence-corrected chi connectivity index (χ0v) is 13.3. The third kappa shape index (κ3) is 1.88. The van der Waals surface area contributed by atoms with Crippen molar-refractivity contribution in [1.29, 1.82) is 0 Å². The van der Waals surface area contributed by atoms with Crippen molar-refractivity contribution in [3.63, 3.8) is 0 Å². The molecule has 0 radical (unpaired) electrons. The summed E-state index contributed by atoms with van der Waals surface area (Å²) < 4.78 is 31.2. The lowest BCUT2D eigenvalue weighted by Crippen LogP contribution is -2.15. The number of aromatic nitrogens is 3. The van der Waals surface area contributed by atoms with E-state index < -0.39 is 10.0 Å². The highest BCUT2D eigenvalue weighted by Gasteiger charge is 2.31. The van der Waals surface area contributed by atoms with Gasteiger partial charge in [0.15, 0.2) is 21.2 Å². The molecule has 2 aromatic heterocycles. The van der Waals surface area contributed by atoms with Crippen LogP contribution in [0.25, 0.3) is 0 Å². The van der Waals surface area contributed by atoms with E-state index in [0.29, 0.717) is 10.3 Å². The molecule has 0 aromatic carbocycles. The van der Waals surface area contributed by atoms with E-state index in [1.54, 1.807) is 6.92 Å². The van der Waals surface area contributed by atoms with E-state index >= 15 is 0 Å². The second-order valence-electron chi connectivity index (χ2n) is 3.48. The van der Waals surface area contributed by atoms with Crippen LogP contribution in [0.3, 0.4) is 0 Å². The molecule has 0 amide bonds. The molecule has 10 heteroatoms. The van der Waals surface area contributed by atoms with Gasteiger partial charge in [-0.2, -0.15) is 0 Å². The summed E-state index contributed by atoms with van der Waals surface area (Å²) in [4.78, 5) is 3.84. The lowest BCUT2D eigenvalue weighted by Gasteiger charge is -2.06. The Hall–Kier alpha value is -0.870. The second-order valence-corrected chi connectivity index (χ2v) is 6.66. The lowest BCUT2D eigenvalue weighted by molar-refractivity contribution is 0.396. The van der Waals surface area contributed by atoms with Gasteiger partial charge in [-0.3, -0.25) is 0 Å². The Morgan fingerprint density at radius 2 is 1.94 bits per heavy atom. The molecule has 0 aliphatic heterocycles. The Bertz CT molecular complexity index is 700. The SMILES string of the molecule is Cc1nc(Br)n(S(=O)(=O)c2c(N)noc2C)c1Br. The molecule has 0 aliphatic carbocycles. The van der Waals surface area contributed by atoms with Gasteiger partial charge in [0.2, 0.25) is 0 Å². The largest absolute Gasteiger partial charge is 0.380 e. The average Bonchev–Trinajstić information content (AvgIpc) is 2.69. The monoisotopic (exact) mass is 398 g/mol. The maximum Gasteiger partial charge on any atom is 0.278 e. The lowest BCUT2D eigenvalue weighted by atomic mass is 10.5. The Morgan fingerprint density at radius 1 is 1.33 bits per heavy atom. The molecule has 0 fully saturated rings. The van der Waals surface area contributed by atoms with E-state index in [1.807, 2.05) is 0 Å². The van der Waals surface area contributed by atoms with E-state index in [9.17, 15) is 8.42 Å². The first-order chi connectivity index (χ1) is 8.26. The molecule has 0 bridgehead atoms. The molecule has 98 valence electrons.